The summed E-state index contributed by atoms with van der Waals surface area (Å²) in [5, 5.41) is 0. The second-order valence-corrected chi connectivity index (χ2v) is 4.88. The predicted octanol–water partition coefficient (Wildman–Crippen LogP) is 2.68. The summed E-state index contributed by atoms with van der Waals surface area (Å²) in [6.45, 7) is 0.474. The zero-order chi connectivity index (χ0) is 11.1. The fraction of sp³-hybridized carbons (Fsp3) is 0.455. The molecule has 1 aliphatic rings. The molecule has 0 atom stereocenters. The third kappa shape index (κ3) is 2.07. The predicted molar refractivity (Wildman–Crippen MR) is 59.9 cm³/mol. The van der Waals surface area contributed by atoms with Crippen LogP contribution in [0.2, 0.25) is 0 Å². The summed E-state index contributed by atoms with van der Waals surface area (Å²) >= 11 is 3.20. The highest BCUT2D eigenvalue weighted by Gasteiger charge is 2.42. The lowest BCUT2D eigenvalue weighted by Gasteiger charge is -2.13. The third-order valence-electron chi connectivity index (χ3n) is 2.72. The molecule has 2 N–H and O–H groups in total. The Morgan fingerprint density at radius 3 is 2.73 bits per heavy atom. The molecule has 2 nitrogen and oxygen atoms in total. The molecule has 0 heterocycles. The first-order valence-corrected chi connectivity index (χ1v) is 5.62. The van der Waals surface area contributed by atoms with E-state index in [1.165, 1.54) is 0 Å². The van der Waals surface area contributed by atoms with Crippen molar-refractivity contribution in [1.82, 2.24) is 0 Å². The molecule has 0 spiro atoms. The minimum atomic E-state index is -0.448. The third-order valence-corrected chi connectivity index (χ3v) is 3.30. The van der Waals surface area contributed by atoms with Gasteiger partial charge >= 0.3 is 0 Å². The number of benzene rings is 1. The van der Waals surface area contributed by atoms with Gasteiger partial charge in [-0.2, -0.15) is 0 Å². The highest BCUT2D eigenvalue weighted by molar-refractivity contribution is 9.10. The standard InChI is InChI=1S/C11H13BrFNO/c1-15-6-7-4-8(11(14)2-3-11)10(13)9(12)5-7/h4-5H,2-3,6,14H2,1H3. The maximum absolute atomic E-state index is 13.8. The van der Waals surface area contributed by atoms with Gasteiger partial charge in [-0.05, 0) is 46.5 Å². The van der Waals surface area contributed by atoms with Crippen LogP contribution in [0.4, 0.5) is 4.39 Å². The fourth-order valence-electron chi connectivity index (χ4n) is 1.66. The molecule has 1 aromatic carbocycles. The maximum Gasteiger partial charge on any atom is 0.142 e. The van der Waals surface area contributed by atoms with E-state index in [0.717, 1.165) is 18.4 Å². The van der Waals surface area contributed by atoms with Crippen molar-refractivity contribution in [3.8, 4) is 0 Å². The summed E-state index contributed by atoms with van der Waals surface area (Å²) in [6.07, 6.45) is 1.71. The molecule has 0 amide bonds. The van der Waals surface area contributed by atoms with Crippen molar-refractivity contribution in [2.75, 3.05) is 7.11 Å². The van der Waals surface area contributed by atoms with E-state index in [2.05, 4.69) is 15.9 Å². The van der Waals surface area contributed by atoms with Crippen molar-refractivity contribution in [1.29, 1.82) is 0 Å². The van der Waals surface area contributed by atoms with E-state index in [-0.39, 0.29) is 5.82 Å². The number of halogens is 2. The molecular weight excluding hydrogens is 261 g/mol. The molecule has 0 bridgehead atoms. The number of hydrogen-bond donors (Lipinski definition) is 1. The summed E-state index contributed by atoms with van der Waals surface area (Å²) in [5.41, 5.74) is 7.10. The summed E-state index contributed by atoms with van der Waals surface area (Å²) < 4.78 is 19.3. The van der Waals surface area contributed by atoms with Gasteiger partial charge in [-0.1, -0.05) is 0 Å². The fourth-order valence-corrected chi connectivity index (χ4v) is 2.17. The van der Waals surface area contributed by atoms with Gasteiger partial charge in [0, 0.05) is 18.2 Å². The molecule has 1 aromatic rings. The number of nitrogens with two attached hydrogens (primary N) is 1. The lowest BCUT2D eigenvalue weighted by atomic mass is 10.0. The molecule has 4 heteroatoms. The molecule has 0 radical (unpaired) electrons. The van der Waals surface area contributed by atoms with Crippen molar-refractivity contribution >= 4 is 15.9 Å². The lowest BCUT2D eigenvalue weighted by molar-refractivity contribution is 0.184. The highest BCUT2D eigenvalue weighted by Crippen LogP contribution is 2.45. The van der Waals surface area contributed by atoms with E-state index < -0.39 is 5.54 Å². The molecule has 0 aromatic heterocycles. The van der Waals surface area contributed by atoms with Crippen molar-refractivity contribution in [2.45, 2.75) is 25.0 Å². The van der Waals surface area contributed by atoms with E-state index in [4.69, 9.17) is 10.5 Å². The zero-order valence-corrected chi connectivity index (χ0v) is 10.1. The second kappa shape index (κ2) is 3.85. The Hall–Kier alpha value is -0.450. The van der Waals surface area contributed by atoms with E-state index in [1.54, 1.807) is 19.2 Å². The molecule has 1 aliphatic carbocycles. The van der Waals surface area contributed by atoms with E-state index in [9.17, 15) is 4.39 Å². The van der Waals surface area contributed by atoms with E-state index >= 15 is 0 Å². The first kappa shape index (κ1) is 11.0. The molecule has 1 fully saturated rings. The Kier molecular flexibility index (Phi) is 2.83. The van der Waals surface area contributed by atoms with Gasteiger partial charge in [-0.3, -0.25) is 0 Å². The summed E-state index contributed by atoms with van der Waals surface area (Å²) in [4.78, 5) is 0. The Bertz CT molecular complexity index is 390. The smallest absolute Gasteiger partial charge is 0.142 e. The first-order valence-electron chi connectivity index (χ1n) is 4.83. The second-order valence-electron chi connectivity index (χ2n) is 4.03. The molecule has 15 heavy (non-hydrogen) atoms. The van der Waals surface area contributed by atoms with Gasteiger partial charge in [0.05, 0.1) is 11.1 Å². The van der Waals surface area contributed by atoms with Crippen molar-refractivity contribution in [2.24, 2.45) is 5.73 Å². The first-order chi connectivity index (χ1) is 7.07. The van der Waals surface area contributed by atoms with Crippen LogP contribution < -0.4 is 5.73 Å². The van der Waals surface area contributed by atoms with Crippen molar-refractivity contribution in [3.63, 3.8) is 0 Å². The van der Waals surface area contributed by atoms with Crippen LogP contribution in [-0.4, -0.2) is 7.11 Å². The monoisotopic (exact) mass is 273 g/mol. The molecule has 82 valence electrons. The van der Waals surface area contributed by atoms with Crippen LogP contribution in [0.3, 0.4) is 0 Å². The Labute approximate surface area is 96.7 Å². The number of rotatable bonds is 3. The van der Waals surface area contributed by atoms with Gasteiger partial charge in [-0.15, -0.1) is 0 Å². The van der Waals surface area contributed by atoms with Crippen LogP contribution in [0.1, 0.15) is 24.0 Å². The van der Waals surface area contributed by atoms with Crippen LogP contribution >= 0.6 is 15.9 Å². The molecule has 1 saturated carbocycles. The summed E-state index contributed by atoms with van der Waals surface area (Å²) in [7, 11) is 1.62. The quantitative estimate of drug-likeness (QED) is 0.919. The maximum atomic E-state index is 13.8. The molecule has 0 aliphatic heterocycles. The zero-order valence-electron chi connectivity index (χ0n) is 8.52. The number of hydrogen-bond acceptors (Lipinski definition) is 2. The lowest BCUT2D eigenvalue weighted by Crippen LogP contribution is -2.21. The van der Waals surface area contributed by atoms with Gasteiger partial charge in [-0.25, -0.2) is 4.39 Å². The Morgan fingerprint density at radius 1 is 1.53 bits per heavy atom. The van der Waals surface area contributed by atoms with Gasteiger partial charge in [0.2, 0.25) is 0 Å². The number of ether oxygens (including phenoxy) is 1. The Balaban J connectivity index is 2.43. The Morgan fingerprint density at radius 2 is 2.20 bits per heavy atom. The normalized spacial score (nSPS) is 17.9. The van der Waals surface area contributed by atoms with Gasteiger partial charge in [0.25, 0.3) is 0 Å². The van der Waals surface area contributed by atoms with Crippen LogP contribution in [0.25, 0.3) is 0 Å². The van der Waals surface area contributed by atoms with Gasteiger partial charge in [0.1, 0.15) is 5.82 Å². The molecule has 0 saturated heterocycles. The minimum absolute atomic E-state index is 0.241. The minimum Gasteiger partial charge on any atom is -0.380 e. The topological polar surface area (TPSA) is 35.2 Å². The number of methoxy groups -OCH3 is 1. The SMILES string of the molecule is COCc1cc(Br)c(F)c(C2(N)CC2)c1. The van der Waals surface area contributed by atoms with Crippen LogP contribution in [0, 0.1) is 5.82 Å². The molecule has 2 rings (SSSR count). The molecular formula is C11H13BrFNO. The van der Waals surface area contributed by atoms with Crippen molar-refractivity contribution < 1.29 is 9.13 Å². The average molecular weight is 274 g/mol. The highest BCUT2D eigenvalue weighted by atomic mass is 79.9. The molecule has 0 unspecified atom stereocenters. The van der Waals surface area contributed by atoms with Crippen LogP contribution in [0.5, 0.6) is 0 Å². The largest absolute Gasteiger partial charge is 0.380 e. The van der Waals surface area contributed by atoms with Crippen LogP contribution in [0.15, 0.2) is 16.6 Å². The van der Waals surface area contributed by atoms with Crippen molar-refractivity contribution in [3.05, 3.63) is 33.5 Å². The summed E-state index contributed by atoms with van der Waals surface area (Å²) in [6, 6.07) is 3.53. The van der Waals surface area contributed by atoms with Gasteiger partial charge < -0.3 is 10.5 Å². The average Bonchev–Trinajstić information content (AvgIpc) is 2.91. The van der Waals surface area contributed by atoms with Crippen LogP contribution in [-0.2, 0) is 16.9 Å². The van der Waals surface area contributed by atoms with Gasteiger partial charge in [0.15, 0.2) is 0 Å². The van der Waals surface area contributed by atoms with E-state index in [1.807, 2.05) is 0 Å². The summed E-state index contributed by atoms with van der Waals surface area (Å²) in [5.74, 6) is -0.241. The van der Waals surface area contributed by atoms with E-state index in [0.29, 0.717) is 16.6 Å².